The van der Waals surface area contributed by atoms with Crippen LogP contribution in [0.2, 0.25) is 0 Å². The van der Waals surface area contributed by atoms with Crippen LogP contribution >= 0.6 is 0 Å². The Morgan fingerprint density at radius 1 is 1.09 bits per heavy atom. The zero-order valence-electron chi connectivity index (χ0n) is 15.6. The fourth-order valence-corrected chi connectivity index (χ4v) is 2.52. The highest BCUT2D eigenvalue weighted by atomic mass is 16.7. The van der Waals surface area contributed by atoms with Crippen LogP contribution in [-0.4, -0.2) is 50.5 Å². The Bertz CT molecular complexity index is 527. The number of rotatable bonds is 6. The lowest BCUT2D eigenvalue weighted by molar-refractivity contribution is 0.00578. The Morgan fingerprint density at radius 2 is 1.70 bits per heavy atom. The van der Waals surface area contributed by atoms with Gasteiger partial charge < -0.3 is 18.9 Å². The maximum absolute atomic E-state index is 6.10. The van der Waals surface area contributed by atoms with Gasteiger partial charge in [-0.1, -0.05) is 12.1 Å². The summed E-state index contributed by atoms with van der Waals surface area (Å²) in [6.07, 6.45) is 1.02. The minimum atomic E-state index is -0.318. The van der Waals surface area contributed by atoms with Crippen molar-refractivity contribution >= 4 is 12.6 Å². The van der Waals surface area contributed by atoms with Gasteiger partial charge in [-0.05, 0) is 72.2 Å². The Balaban J connectivity index is 2.00. The molecule has 2 rings (SSSR count). The molecule has 5 heteroatoms. The van der Waals surface area contributed by atoms with Gasteiger partial charge in [-0.15, -0.1) is 0 Å². The molecule has 1 aromatic rings. The fraction of sp³-hybridized carbons (Fsp3) is 0.667. The normalized spacial score (nSPS) is 19.4. The molecule has 0 amide bonds. The van der Waals surface area contributed by atoms with Crippen molar-refractivity contribution in [2.24, 2.45) is 0 Å². The van der Waals surface area contributed by atoms with Gasteiger partial charge in [0, 0.05) is 6.54 Å². The first kappa shape index (κ1) is 18.3. The lowest BCUT2D eigenvalue weighted by Crippen LogP contribution is -2.41. The minimum Gasteiger partial charge on any atom is -0.493 e. The average Bonchev–Trinajstić information content (AvgIpc) is 2.64. The average molecular weight is 319 g/mol. The van der Waals surface area contributed by atoms with Gasteiger partial charge in [0.2, 0.25) is 0 Å². The number of benzene rings is 1. The largest absolute Gasteiger partial charge is 0.494 e. The summed E-state index contributed by atoms with van der Waals surface area (Å²) in [5.41, 5.74) is 1.53. The van der Waals surface area contributed by atoms with E-state index in [1.54, 1.807) is 0 Å². The molecule has 1 saturated heterocycles. The zero-order valence-corrected chi connectivity index (χ0v) is 15.6. The van der Waals surface area contributed by atoms with E-state index < -0.39 is 0 Å². The molecule has 1 aliphatic rings. The first-order valence-electron chi connectivity index (χ1n) is 8.36. The third-order valence-electron chi connectivity index (χ3n) is 4.73. The first-order valence-corrected chi connectivity index (χ1v) is 8.36. The molecule has 1 heterocycles. The van der Waals surface area contributed by atoms with Gasteiger partial charge in [0.05, 0.1) is 17.8 Å². The molecule has 0 spiro atoms. The highest BCUT2D eigenvalue weighted by Gasteiger charge is 2.51. The molecule has 0 saturated carbocycles. The van der Waals surface area contributed by atoms with E-state index in [0.717, 1.165) is 36.3 Å². The van der Waals surface area contributed by atoms with Gasteiger partial charge in [0.15, 0.2) is 0 Å². The zero-order chi connectivity index (χ0) is 17.3. The summed E-state index contributed by atoms with van der Waals surface area (Å²) in [5.74, 6) is 0.934. The highest BCUT2D eigenvalue weighted by Crippen LogP contribution is 2.36. The molecule has 0 aliphatic carbocycles. The van der Waals surface area contributed by atoms with Gasteiger partial charge in [0.25, 0.3) is 0 Å². The fourth-order valence-electron chi connectivity index (χ4n) is 2.52. The Kier molecular flexibility index (Phi) is 5.44. The Morgan fingerprint density at radius 3 is 2.22 bits per heavy atom. The molecule has 1 fully saturated rings. The number of ether oxygens (including phenoxy) is 1. The van der Waals surface area contributed by atoms with Crippen LogP contribution in [0, 0.1) is 6.92 Å². The Labute approximate surface area is 141 Å². The lowest BCUT2D eigenvalue weighted by atomic mass is 9.78. The first-order chi connectivity index (χ1) is 10.6. The molecule has 4 nitrogen and oxygen atoms in total. The van der Waals surface area contributed by atoms with E-state index in [9.17, 15) is 0 Å². The van der Waals surface area contributed by atoms with Crippen molar-refractivity contribution in [3.63, 3.8) is 0 Å². The van der Waals surface area contributed by atoms with Gasteiger partial charge in [0.1, 0.15) is 5.75 Å². The van der Waals surface area contributed by atoms with Gasteiger partial charge in [-0.3, -0.25) is 0 Å². The van der Waals surface area contributed by atoms with Gasteiger partial charge in [-0.2, -0.15) is 0 Å². The van der Waals surface area contributed by atoms with E-state index >= 15 is 0 Å². The van der Waals surface area contributed by atoms with E-state index in [0.29, 0.717) is 0 Å². The monoisotopic (exact) mass is 319 g/mol. The molecule has 0 unspecified atom stereocenters. The highest BCUT2D eigenvalue weighted by molar-refractivity contribution is 6.62. The van der Waals surface area contributed by atoms with Crippen LogP contribution in [0.5, 0.6) is 5.75 Å². The maximum atomic E-state index is 6.10. The molecule has 1 aromatic carbocycles. The standard InChI is InChI=1S/C18H30BNO3/c1-14-13-15(19-22-17(2,3)18(4,5)23-19)9-10-16(14)21-12-8-11-20(6)7/h9-10,13H,8,11-12H2,1-7H3. The van der Waals surface area contributed by atoms with Crippen molar-refractivity contribution in [3.05, 3.63) is 23.8 Å². The number of nitrogens with zero attached hydrogens (tertiary/aromatic N) is 1. The summed E-state index contributed by atoms with van der Waals surface area (Å²) in [4.78, 5) is 2.16. The Hall–Kier alpha value is -1.04. The quantitative estimate of drug-likeness (QED) is 0.596. The van der Waals surface area contributed by atoms with E-state index in [1.807, 2.05) is 12.1 Å². The molecule has 0 N–H and O–H groups in total. The van der Waals surface area contributed by atoms with Crippen LogP contribution in [0.4, 0.5) is 0 Å². The van der Waals surface area contributed by atoms with Crippen LogP contribution in [0.3, 0.4) is 0 Å². The molecule has 128 valence electrons. The van der Waals surface area contributed by atoms with Crippen molar-refractivity contribution in [2.45, 2.75) is 52.2 Å². The van der Waals surface area contributed by atoms with Gasteiger partial charge >= 0.3 is 7.12 Å². The van der Waals surface area contributed by atoms with E-state index in [4.69, 9.17) is 14.0 Å². The molecular weight excluding hydrogens is 289 g/mol. The topological polar surface area (TPSA) is 30.9 Å². The van der Waals surface area contributed by atoms with Crippen molar-refractivity contribution in [3.8, 4) is 5.75 Å². The molecular formula is C18H30BNO3. The molecule has 1 aliphatic heterocycles. The predicted molar refractivity (Wildman–Crippen MR) is 95.6 cm³/mol. The second-order valence-corrected chi connectivity index (χ2v) is 7.62. The van der Waals surface area contributed by atoms with Crippen LogP contribution < -0.4 is 10.2 Å². The van der Waals surface area contributed by atoms with E-state index in [2.05, 4.69) is 59.7 Å². The van der Waals surface area contributed by atoms with E-state index in [-0.39, 0.29) is 18.3 Å². The lowest BCUT2D eigenvalue weighted by Gasteiger charge is -2.32. The SMILES string of the molecule is Cc1cc(B2OC(C)(C)C(C)(C)O2)ccc1OCCCN(C)C. The molecule has 0 radical (unpaired) electrons. The number of aryl methyl sites for hydroxylation is 1. The smallest absolute Gasteiger partial charge is 0.493 e. The van der Waals surface area contributed by atoms with Crippen LogP contribution in [0.1, 0.15) is 39.7 Å². The number of hydrogen-bond donors (Lipinski definition) is 0. The maximum Gasteiger partial charge on any atom is 0.494 e. The molecule has 0 aromatic heterocycles. The van der Waals surface area contributed by atoms with Crippen LogP contribution in [-0.2, 0) is 9.31 Å². The molecule has 0 bridgehead atoms. The second kappa shape index (κ2) is 6.84. The van der Waals surface area contributed by atoms with Crippen molar-refractivity contribution < 1.29 is 14.0 Å². The summed E-state index contributed by atoms with van der Waals surface area (Å²) in [5, 5.41) is 0. The summed E-state index contributed by atoms with van der Waals surface area (Å²) < 4.78 is 18.1. The van der Waals surface area contributed by atoms with Crippen LogP contribution in [0.25, 0.3) is 0 Å². The third kappa shape index (κ3) is 4.28. The van der Waals surface area contributed by atoms with Crippen molar-refractivity contribution in [2.75, 3.05) is 27.2 Å². The summed E-state index contributed by atoms with van der Waals surface area (Å²) in [6, 6.07) is 6.16. The van der Waals surface area contributed by atoms with E-state index in [1.165, 1.54) is 0 Å². The molecule has 0 atom stereocenters. The van der Waals surface area contributed by atoms with Crippen molar-refractivity contribution in [1.29, 1.82) is 0 Å². The number of hydrogen-bond acceptors (Lipinski definition) is 4. The van der Waals surface area contributed by atoms with Crippen molar-refractivity contribution in [1.82, 2.24) is 4.90 Å². The van der Waals surface area contributed by atoms with Crippen LogP contribution in [0.15, 0.2) is 18.2 Å². The third-order valence-corrected chi connectivity index (χ3v) is 4.73. The van der Waals surface area contributed by atoms with Gasteiger partial charge in [-0.25, -0.2) is 0 Å². The summed E-state index contributed by atoms with van der Waals surface area (Å²) in [6.45, 7) is 12.1. The second-order valence-electron chi connectivity index (χ2n) is 7.62. The predicted octanol–water partition coefficient (Wildman–Crippen LogP) is 2.62. The minimum absolute atomic E-state index is 0.313. The summed E-state index contributed by atoms with van der Waals surface area (Å²) >= 11 is 0. The molecule has 23 heavy (non-hydrogen) atoms. The summed E-state index contributed by atoms with van der Waals surface area (Å²) in [7, 11) is 3.83.